The maximum absolute atomic E-state index is 14.7. The quantitative estimate of drug-likeness (QED) is 0.0201. The Morgan fingerprint density at radius 1 is 0.500 bits per heavy atom. The number of nitrogens with zero attached hydrogens (tertiary/aromatic N) is 2. The lowest BCUT2D eigenvalue weighted by Crippen LogP contribution is -2.49. The van der Waals surface area contributed by atoms with Crippen LogP contribution in [0.15, 0.2) is 34.3 Å². The molecular formula is C55H92N14O13. The van der Waals surface area contributed by atoms with Gasteiger partial charge in [0.25, 0.3) is 0 Å². The second-order valence-corrected chi connectivity index (χ2v) is 21.5. The molecule has 0 aliphatic heterocycles. The number of nitrogens with one attached hydrogen (secondary N) is 4. The number of ketones is 4. The molecule has 1 aromatic carbocycles. The van der Waals surface area contributed by atoms with Crippen LogP contribution in [0.3, 0.4) is 0 Å². The van der Waals surface area contributed by atoms with E-state index < -0.39 is 150 Å². The number of carbonyl (C=O) groups excluding carboxylic acids is 11. The van der Waals surface area contributed by atoms with Crippen LogP contribution in [0.5, 0.6) is 5.75 Å². The van der Waals surface area contributed by atoms with Gasteiger partial charge in [0, 0.05) is 75.3 Å². The molecule has 0 aliphatic rings. The lowest BCUT2D eigenvalue weighted by molar-refractivity contribution is -0.136. The first kappa shape index (κ1) is 72.5. The molecule has 460 valence electrons. The van der Waals surface area contributed by atoms with E-state index in [0.29, 0.717) is 24.8 Å². The molecule has 1 aromatic rings. The van der Waals surface area contributed by atoms with Crippen LogP contribution in [-0.4, -0.2) is 137 Å². The number of aromatic hydroxyl groups is 1. The van der Waals surface area contributed by atoms with E-state index >= 15 is 0 Å². The average molecular weight is 1160 g/mol. The lowest BCUT2D eigenvalue weighted by Gasteiger charge is -2.26. The first-order valence-corrected chi connectivity index (χ1v) is 27.9. The van der Waals surface area contributed by atoms with Gasteiger partial charge in [0.2, 0.25) is 41.4 Å². The molecule has 82 heavy (non-hydrogen) atoms. The Morgan fingerprint density at radius 2 is 0.927 bits per heavy atom. The number of unbranched alkanes of at least 4 members (excludes halogenated alkanes) is 1. The maximum atomic E-state index is 14.7. The fourth-order valence-corrected chi connectivity index (χ4v) is 8.87. The maximum Gasteiger partial charge on any atom is 0.226 e. The van der Waals surface area contributed by atoms with Crippen LogP contribution in [-0.2, 0) is 59.2 Å². The Hall–Kier alpha value is -7.55. The van der Waals surface area contributed by atoms with E-state index in [4.69, 9.17) is 45.9 Å². The number of aliphatic hydroxyl groups excluding tert-OH is 1. The van der Waals surface area contributed by atoms with E-state index in [0.717, 1.165) is 0 Å². The fourth-order valence-electron chi connectivity index (χ4n) is 8.87. The van der Waals surface area contributed by atoms with Gasteiger partial charge >= 0.3 is 0 Å². The van der Waals surface area contributed by atoms with Gasteiger partial charge in [-0.3, -0.25) is 62.7 Å². The molecule has 0 unspecified atom stereocenters. The number of guanidine groups is 2. The second-order valence-electron chi connectivity index (χ2n) is 21.5. The molecule has 0 aliphatic carbocycles. The third kappa shape index (κ3) is 29.8. The Balaban J connectivity index is 3.76. The van der Waals surface area contributed by atoms with E-state index in [1.807, 2.05) is 13.8 Å². The number of hydrogen-bond acceptors (Lipinski definition) is 16. The summed E-state index contributed by atoms with van der Waals surface area (Å²) in [5.41, 5.74) is 44.8. The Morgan fingerprint density at radius 3 is 1.38 bits per heavy atom. The number of carbonyl (C=O) groups is 11. The molecule has 0 fully saturated rings. The summed E-state index contributed by atoms with van der Waals surface area (Å²) in [6.45, 7) is 8.44. The van der Waals surface area contributed by atoms with Crippen molar-refractivity contribution in [3.63, 3.8) is 0 Å². The number of Topliss-reactive ketones (excluding diaryl/α,β-unsaturated/α-hetero) is 4. The average Bonchev–Trinajstić information content (AvgIpc) is 3.40. The summed E-state index contributed by atoms with van der Waals surface area (Å²) >= 11 is 0. The molecule has 0 aromatic heterocycles. The summed E-state index contributed by atoms with van der Waals surface area (Å²) in [4.78, 5) is 157. The Labute approximate surface area is 479 Å². The van der Waals surface area contributed by atoms with Gasteiger partial charge in [-0.2, -0.15) is 0 Å². The molecule has 0 bridgehead atoms. The van der Waals surface area contributed by atoms with Crippen LogP contribution in [0.4, 0.5) is 0 Å². The van der Waals surface area contributed by atoms with Gasteiger partial charge in [-0.25, -0.2) is 0 Å². The molecule has 0 saturated carbocycles. The minimum Gasteiger partial charge on any atom is -0.508 e. The van der Waals surface area contributed by atoms with Crippen molar-refractivity contribution < 1.29 is 63.0 Å². The number of primary amides is 3. The van der Waals surface area contributed by atoms with Gasteiger partial charge in [0.1, 0.15) is 5.75 Å². The van der Waals surface area contributed by atoms with Crippen molar-refractivity contribution in [2.45, 2.75) is 174 Å². The number of phenolic OH excluding ortho intramolecular Hbond substituents is 1. The largest absolute Gasteiger partial charge is 0.508 e. The number of hydrogen-bond donors (Lipinski definition) is 14. The van der Waals surface area contributed by atoms with Crippen LogP contribution in [0.25, 0.3) is 0 Å². The van der Waals surface area contributed by atoms with Gasteiger partial charge < -0.3 is 77.3 Å². The number of rotatable bonds is 44. The van der Waals surface area contributed by atoms with Crippen molar-refractivity contribution in [1.29, 1.82) is 0 Å². The molecule has 22 N–H and O–H groups in total. The molecule has 27 heteroatoms. The number of benzene rings is 1. The molecule has 0 spiro atoms. The van der Waals surface area contributed by atoms with Crippen LogP contribution in [0.1, 0.15) is 143 Å². The van der Waals surface area contributed by atoms with Gasteiger partial charge in [-0.1, -0.05) is 39.3 Å². The highest BCUT2D eigenvalue weighted by atomic mass is 16.3. The molecule has 1 rings (SSSR count). The zero-order valence-corrected chi connectivity index (χ0v) is 48.2. The third-order valence-electron chi connectivity index (χ3n) is 13.9. The van der Waals surface area contributed by atoms with Gasteiger partial charge in [-0.05, 0) is 108 Å². The lowest BCUT2D eigenvalue weighted by atomic mass is 9.87. The van der Waals surface area contributed by atoms with Crippen molar-refractivity contribution in [2.24, 2.45) is 91.4 Å². The second kappa shape index (κ2) is 38.2. The SMILES string of the molecule is CC(C)C[C@H](CC(=O)[C@H](C)NC(=O)[C@H](CCCCN)CC(=O)[C@H](CCCN=C(N)N)NC(=O)[C@@H](CC(=O)[C@H](CCC(N)=O)NC(=O)[C@H](CCC(N)=O)CC(=O)[C@H](CCCN=C(N)N)NC(=O)[C@@H](C)[C@@H](C)O)Cc1ccc(O)cc1)C(N)=O. The summed E-state index contributed by atoms with van der Waals surface area (Å²) in [6, 6.07) is 0.595. The van der Waals surface area contributed by atoms with Crippen molar-refractivity contribution in [1.82, 2.24) is 21.3 Å². The predicted octanol–water partition coefficient (Wildman–Crippen LogP) is -1.49. The van der Waals surface area contributed by atoms with Crippen molar-refractivity contribution in [3.8, 4) is 5.75 Å². The molecule has 10 atom stereocenters. The normalized spacial score (nSPS) is 14.8. The minimum absolute atomic E-state index is 0.00296. The molecule has 7 amide bonds. The van der Waals surface area contributed by atoms with Crippen LogP contribution >= 0.6 is 0 Å². The Bertz CT molecular complexity index is 2360. The first-order chi connectivity index (χ1) is 38.4. The fraction of sp³-hybridized carbons (Fsp3) is 0.655. The molecule has 27 nitrogen and oxygen atoms in total. The molecule has 0 radical (unpaired) electrons. The van der Waals surface area contributed by atoms with Crippen LogP contribution in [0, 0.1) is 35.5 Å². The standard InChI is InChI=1S/C55H92N14O13/c1-30(2)24-37(49(59)78)28-43(72)32(4)66-51(80)35(10-6-7-21-56)26-44(73)41(12-9-23-65-55(62)63)68-53(82)38(25-34-13-16-39(71)17-14-34)29-46(75)42(18-20-48(58)77)69-52(81)36(15-19-47(57)76)27-45(74)40(11-8-22-64-54(60)61)67-50(79)31(3)33(5)70/h13-14,16-17,30-33,35-38,40-42,70-71H,6-12,15,18-29,56H2,1-5H3,(H2,57,76)(H2,58,77)(H2,59,78)(H,66,80)(H,67,79)(H,68,82)(H,69,81)(H4,60,61,64)(H4,62,63,65)/t31-,32-,33+,35+,36+,37+,38+,40-,41-,42-/m0/s1. The summed E-state index contributed by atoms with van der Waals surface area (Å²) in [5, 5.41) is 30.8. The number of phenols is 1. The molecule has 0 heterocycles. The third-order valence-corrected chi connectivity index (χ3v) is 13.9. The smallest absolute Gasteiger partial charge is 0.226 e. The van der Waals surface area contributed by atoms with Crippen molar-refractivity contribution in [2.75, 3.05) is 19.6 Å². The van der Waals surface area contributed by atoms with Crippen LogP contribution in [0.2, 0.25) is 0 Å². The van der Waals surface area contributed by atoms with Crippen molar-refractivity contribution in [3.05, 3.63) is 29.8 Å². The highest BCUT2D eigenvalue weighted by Gasteiger charge is 2.36. The first-order valence-electron chi connectivity index (χ1n) is 27.9. The number of aliphatic hydroxyl groups is 1. The van der Waals surface area contributed by atoms with Gasteiger partial charge in [0.15, 0.2) is 35.1 Å². The number of nitrogens with two attached hydrogens (primary N) is 8. The monoisotopic (exact) mass is 1160 g/mol. The Kier molecular flexibility index (Phi) is 33.8. The highest BCUT2D eigenvalue weighted by Crippen LogP contribution is 2.23. The van der Waals surface area contributed by atoms with E-state index in [9.17, 15) is 63.0 Å². The van der Waals surface area contributed by atoms with Gasteiger partial charge in [-0.15, -0.1) is 0 Å². The highest BCUT2D eigenvalue weighted by molar-refractivity contribution is 5.98. The zero-order valence-electron chi connectivity index (χ0n) is 48.2. The molecule has 0 saturated heterocycles. The zero-order chi connectivity index (χ0) is 62.2. The number of aliphatic imine (C=N–C) groups is 2. The number of amides is 7. The minimum atomic E-state index is -1.53. The summed E-state index contributed by atoms with van der Waals surface area (Å²) in [7, 11) is 0. The summed E-state index contributed by atoms with van der Waals surface area (Å²) in [6.07, 6.45) is -2.89. The summed E-state index contributed by atoms with van der Waals surface area (Å²) in [5.74, 6) is -13.7. The van der Waals surface area contributed by atoms with E-state index in [1.165, 1.54) is 45.0 Å². The van der Waals surface area contributed by atoms with Crippen molar-refractivity contribution >= 4 is 76.4 Å². The van der Waals surface area contributed by atoms with Crippen LogP contribution < -0.4 is 67.1 Å². The van der Waals surface area contributed by atoms with Gasteiger partial charge in [0.05, 0.1) is 36.2 Å². The molecular weight excluding hydrogens is 1060 g/mol. The topological polar surface area (TPSA) is 509 Å². The predicted molar refractivity (Wildman–Crippen MR) is 307 cm³/mol. The van der Waals surface area contributed by atoms with E-state index in [1.54, 1.807) is 0 Å². The summed E-state index contributed by atoms with van der Waals surface area (Å²) < 4.78 is 0. The van der Waals surface area contributed by atoms with E-state index in [2.05, 4.69) is 31.3 Å². The van der Waals surface area contributed by atoms with E-state index in [-0.39, 0.29) is 107 Å².